The van der Waals surface area contributed by atoms with Gasteiger partial charge in [0.15, 0.2) is 6.61 Å². The number of nitrogens with one attached hydrogen (secondary N) is 1. The number of ether oxygens (including phenoxy) is 1. The highest BCUT2D eigenvalue weighted by Gasteiger charge is 2.31. The number of hydrogen-bond acceptors (Lipinski definition) is 4. The Hall–Kier alpha value is -2.77. The minimum absolute atomic E-state index is 0.0872. The van der Waals surface area contributed by atoms with E-state index in [-0.39, 0.29) is 18.6 Å². The van der Waals surface area contributed by atoms with Crippen LogP contribution in [0.4, 0.5) is 19.0 Å². The van der Waals surface area contributed by atoms with Crippen molar-refractivity contribution in [2.75, 3.05) is 24.6 Å². The fraction of sp³-hybridized carbons (Fsp3) is 0.429. The number of carbonyl (C=O) groups is 1. The van der Waals surface area contributed by atoms with Crippen molar-refractivity contribution in [3.05, 3.63) is 53.7 Å². The summed E-state index contributed by atoms with van der Waals surface area (Å²) in [6.45, 7) is 5.23. The minimum Gasteiger partial charge on any atom is -0.484 e. The Morgan fingerprint density at radius 1 is 1.24 bits per heavy atom. The molecular weight excluding hydrogens is 383 g/mol. The zero-order valence-electron chi connectivity index (χ0n) is 16.4. The van der Waals surface area contributed by atoms with Gasteiger partial charge >= 0.3 is 6.18 Å². The third-order valence-electron chi connectivity index (χ3n) is 4.87. The van der Waals surface area contributed by atoms with Gasteiger partial charge in [-0.1, -0.05) is 26.0 Å². The monoisotopic (exact) mass is 407 g/mol. The number of nitrogens with zero attached hydrogens (tertiary/aromatic N) is 2. The van der Waals surface area contributed by atoms with Gasteiger partial charge in [-0.2, -0.15) is 13.2 Å². The van der Waals surface area contributed by atoms with Crippen LogP contribution in [0, 0.1) is 0 Å². The third kappa shape index (κ3) is 5.62. The summed E-state index contributed by atoms with van der Waals surface area (Å²) in [5.74, 6) is 1.30. The SMILES string of the molecule is CC(C)c1ccc(OCC(=O)N[C@H]2CCN(c3ccc(C(F)(F)F)cn3)C2)cc1. The first-order chi connectivity index (χ1) is 13.7. The molecule has 2 aromatic rings. The van der Waals surface area contributed by atoms with Gasteiger partial charge in [-0.25, -0.2) is 4.98 Å². The number of rotatable bonds is 6. The van der Waals surface area contributed by atoms with E-state index in [2.05, 4.69) is 24.1 Å². The molecule has 2 heterocycles. The molecule has 0 radical (unpaired) electrons. The molecule has 1 aromatic carbocycles. The van der Waals surface area contributed by atoms with E-state index in [1.807, 2.05) is 29.2 Å². The van der Waals surface area contributed by atoms with E-state index in [1.165, 1.54) is 11.6 Å². The molecule has 0 aliphatic carbocycles. The molecule has 1 atom stereocenters. The molecule has 1 aliphatic rings. The lowest BCUT2D eigenvalue weighted by Crippen LogP contribution is -2.39. The fourth-order valence-corrected chi connectivity index (χ4v) is 3.19. The van der Waals surface area contributed by atoms with Crippen LogP contribution in [0.1, 0.15) is 37.3 Å². The van der Waals surface area contributed by atoms with Gasteiger partial charge in [0, 0.05) is 25.3 Å². The molecule has 1 aliphatic heterocycles. The molecule has 1 aromatic heterocycles. The van der Waals surface area contributed by atoms with Crippen LogP contribution in [-0.2, 0) is 11.0 Å². The van der Waals surface area contributed by atoms with Crippen molar-refractivity contribution in [1.82, 2.24) is 10.3 Å². The lowest BCUT2D eigenvalue weighted by molar-refractivity contribution is -0.137. The van der Waals surface area contributed by atoms with Gasteiger partial charge < -0.3 is 15.0 Å². The molecule has 0 spiro atoms. The van der Waals surface area contributed by atoms with E-state index in [9.17, 15) is 18.0 Å². The largest absolute Gasteiger partial charge is 0.484 e. The number of halogens is 3. The van der Waals surface area contributed by atoms with Crippen molar-refractivity contribution < 1.29 is 22.7 Å². The number of aromatic nitrogens is 1. The van der Waals surface area contributed by atoms with E-state index < -0.39 is 11.7 Å². The molecule has 29 heavy (non-hydrogen) atoms. The molecule has 8 heteroatoms. The lowest BCUT2D eigenvalue weighted by atomic mass is 10.0. The van der Waals surface area contributed by atoms with Crippen molar-refractivity contribution in [3.8, 4) is 5.75 Å². The molecule has 0 bridgehead atoms. The van der Waals surface area contributed by atoms with E-state index in [0.29, 0.717) is 37.0 Å². The maximum Gasteiger partial charge on any atom is 0.417 e. The highest BCUT2D eigenvalue weighted by Crippen LogP contribution is 2.30. The molecule has 1 saturated heterocycles. The van der Waals surface area contributed by atoms with Crippen LogP contribution >= 0.6 is 0 Å². The van der Waals surface area contributed by atoms with Crippen LogP contribution in [0.3, 0.4) is 0 Å². The first-order valence-corrected chi connectivity index (χ1v) is 9.52. The van der Waals surface area contributed by atoms with Crippen molar-refractivity contribution in [3.63, 3.8) is 0 Å². The predicted octanol–water partition coefficient (Wildman–Crippen LogP) is 4.00. The Morgan fingerprint density at radius 2 is 1.97 bits per heavy atom. The summed E-state index contributed by atoms with van der Waals surface area (Å²) in [6, 6.07) is 9.92. The van der Waals surface area contributed by atoms with Crippen LogP contribution in [0.15, 0.2) is 42.6 Å². The van der Waals surface area contributed by atoms with E-state index in [4.69, 9.17) is 4.74 Å². The van der Waals surface area contributed by atoms with E-state index >= 15 is 0 Å². The number of anilines is 1. The number of carbonyl (C=O) groups excluding carboxylic acids is 1. The normalized spacial score (nSPS) is 16.9. The molecule has 156 valence electrons. The van der Waals surface area contributed by atoms with E-state index in [1.54, 1.807) is 0 Å². The standard InChI is InChI=1S/C21H24F3N3O2/c1-14(2)15-3-6-18(7-4-15)29-13-20(28)26-17-9-10-27(12-17)19-8-5-16(11-25-19)21(22,23)24/h3-8,11,14,17H,9-10,12-13H2,1-2H3,(H,26,28)/t17-/m0/s1. The summed E-state index contributed by atoms with van der Waals surface area (Å²) in [4.78, 5) is 17.9. The second-order valence-electron chi connectivity index (χ2n) is 7.41. The number of benzene rings is 1. The zero-order valence-corrected chi connectivity index (χ0v) is 16.4. The molecule has 0 saturated carbocycles. The summed E-state index contributed by atoms with van der Waals surface area (Å²) in [6.07, 6.45) is -2.88. The van der Waals surface area contributed by atoms with Gasteiger partial charge in [0.05, 0.1) is 5.56 Å². The second-order valence-corrected chi connectivity index (χ2v) is 7.41. The van der Waals surface area contributed by atoms with Crippen molar-refractivity contribution in [1.29, 1.82) is 0 Å². The van der Waals surface area contributed by atoms with Crippen molar-refractivity contribution in [2.45, 2.75) is 38.4 Å². The maximum absolute atomic E-state index is 12.6. The second kappa shape index (κ2) is 8.71. The topological polar surface area (TPSA) is 54.5 Å². The smallest absolute Gasteiger partial charge is 0.417 e. The van der Waals surface area contributed by atoms with Crippen molar-refractivity contribution in [2.24, 2.45) is 0 Å². The van der Waals surface area contributed by atoms with Gasteiger partial charge in [0.1, 0.15) is 11.6 Å². The highest BCUT2D eigenvalue weighted by molar-refractivity contribution is 5.78. The Morgan fingerprint density at radius 3 is 2.55 bits per heavy atom. The first kappa shape index (κ1) is 21.0. The number of alkyl halides is 3. The number of pyridine rings is 1. The Bertz CT molecular complexity index is 821. The zero-order chi connectivity index (χ0) is 21.0. The summed E-state index contributed by atoms with van der Waals surface area (Å²) in [7, 11) is 0. The average molecular weight is 407 g/mol. The van der Waals surface area contributed by atoms with Gasteiger partial charge in [-0.05, 0) is 42.2 Å². The summed E-state index contributed by atoms with van der Waals surface area (Å²) in [5, 5.41) is 2.90. The van der Waals surface area contributed by atoms with Crippen LogP contribution in [-0.4, -0.2) is 36.6 Å². The fourth-order valence-electron chi connectivity index (χ4n) is 3.19. The number of hydrogen-bond donors (Lipinski definition) is 1. The Kier molecular flexibility index (Phi) is 6.30. The quantitative estimate of drug-likeness (QED) is 0.787. The van der Waals surface area contributed by atoms with Gasteiger partial charge in [0.2, 0.25) is 0 Å². The van der Waals surface area contributed by atoms with Gasteiger partial charge in [-0.15, -0.1) is 0 Å². The third-order valence-corrected chi connectivity index (χ3v) is 4.87. The Balaban J connectivity index is 1.46. The molecule has 1 amide bonds. The first-order valence-electron chi connectivity index (χ1n) is 9.52. The molecule has 0 unspecified atom stereocenters. The average Bonchev–Trinajstić information content (AvgIpc) is 3.14. The minimum atomic E-state index is -4.40. The summed E-state index contributed by atoms with van der Waals surface area (Å²) in [5.41, 5.74) is 0.425. The molecular formula is C21H24F3N3O2. The molecule has 1 N–H and O–H groups in total. The predicted molar refractivity (Wildman–Crippen MR) is 104 cm³/mol. The van der Waals surface area contributed by atoms with Crippen LogP contribution in [0.2, 0.25) is 0 Å². The Labute approximate surface area is 167 Å². The molecule has 3 rings (SSSR count). The van der Waals surface area contributed by atoms with Crippen LogP contribution < -0.4 is 15.0 Å². The highest BCUT2D eigenvalue weighted by atomic mass is 19.4. The maximum atomic E-state index is 12.6. The van der Waals surface area contributed by atoms with Crippen molar-refractivity contribution >= 4 is 11.7 Å². The van der Waals surface area contributed by atoms with Crippen LogP contribution in [0.25, 0.3) is 0 Å². The number of amides is 1. The summed E-state index contributed by atoms with van der Waals surface area (Å²) >= 11 is 0. The van der Waals surface area contributed by atoms with Crippen LogP contribution in [0.5, 0.6) is 5.75 Å². The molecule has 1 fully saturated rings. The molecule has 5 nitrogen and oxygen atoms in total. The van der Waals surface area contributed by atoms with Gasteiger partial charge in [0.25, 0.3) is 5.91 Å². The summed E-state index contributed by atoms with van der Waals surface area (Å²) < 4.78 is 43.4. The lowest BCUT2D eigenvalue weighted by Gasteiger charge is -2.18. The van der Waals surface area contributed by atoms with E-state index in [0.717, 1.165) is 12.3 Å². The van der Waals surface area contributed by atoms with Gasteiger partial charge in [-0.3, -0.25) is 4.79 Å².